The van der Waals surface area contributed by atoms with Crippen LogP contribution in [0.4, 0.5) is 0 Å². The molecule has 0 N–H and O–H groups in total. The van der Waals surface area contributed by atoms with Crippen LogP contribution in [0.3, 0.4) is 0 Å². The largest absolute Gasteiger partial charge is 0.394 e. The summed E-state index contributed by atoms with van der Waals surface area (Å²) in [5.41, 5.74) is 6.31. The molecule has 1 saturated carbocycles. The third-order valence-electron chi connectivity index (χ3n) is 5.94. The topological polar surface area (TPSA) is 24.8 Å². The first-order valence-corrected chi connectivity index (χ1v) is 10.2. The van der Waals surface area contributed by atoms with Gasteiger partial charge in [-0.3, -0.25) is 4.90 Å². The maximum atomic E-state index is 5.87. The fourth-order valence-corrected chi connectivity index (χ4v) is 4.57. The van der Waals surface area contributed by atoms with Crippen molar-refractivity contribution in [3.05, 3.63) is 70.8 Å². The summed E-state index contributed by atoms with van der Waals surface area (Å²) in [6.07, 6.45) is 1.25. The van der Waals surface area contributed by atoms with E-state index < -0.39 is 0 Å². The molecule has 0 amide bonds. The van der Waals surface area contributed by atoms with Crippen molar-refractivity contribution in [2.75, 3.05) is 13.2 Å². The summed E-state index contributed by atoms with van der Waals surface area (Å²) in [5, 5.41) is 4.66. The molecule has 1 fully saturated rings. The van der Waals surface area contributed by atoms with Gasteiger partial charge in [-0.2, -0.15) is 0 Å². The molecule has 2 aromatic carbocycles. The van der Waals surface area contributed by atoms with Gasteiger partial charge < -0.3 is 4.84 Å². The maximum absolute atomic E-state index is 5.87. The van der Waals surface area contributed by atoms with Crippen LogP contribution in [0.25, 0.3) is 0 Å². The Hall–Kier alpha value is -2.13. The highest BCUT2D eigenvalue weighted by atomic mass is 16.6. The third-order valence-corrected chi connectivity index (χ3v) is 5.94. The van der Waals surface area contributed by atoms with Crippen molar-refractivity contribution in [3.8, 4) is 0 Å². The van der Waals surface area contributed by atoms with Gasteiger partial charge >= 0.3 is 0 Å². The Balaban J connectivity index is 1.61. The molecule has 0 saturated heterocycles. The number of fused-ring (bicyclic) bond motifs is 5. The highest BCUT2D eigenvalue weighted by molar-refractivity contribution is 6.15. The average molecular weight is 363 g/mol. The molecule has 2 atom stereocenters. The van der Waals surface area contributed by atoms with Crippen LogP contribution >= 0.6 is 0 Å². The van der Waals surface area contributed by atoms with E-state index in [2.05, 4.69) is 86.3 Å². The van der Waals surface area contributed by atoms with Crippen LogP contribution < -0.4 is 0 Å². The Morgan fingerprint density at radius 3 is 1.93 bits per heavy atom. The quantitative estimate of drug-likeness (QED) is 0.524. The molecule has 27 heavy (non-hydrogen) atoms. The van der Waals surface area contributed by atoms with Crippen LogP contribution in [0.2, 0.25) is 0 Å². The Kier molecular flexibility index (Phi) is 5.05. The number of hydrogen-bond donors (Lipinski definition) is 0. The Morgan fingerprint density at radius 1 is 0.889 bits per heavy atom. The summed E-state index contributed by atoms with van der Waals surface area (Å²) < 4.78 is 0. The number of hydrogen-bond acceptors (Lipinski definition) is 3. The van der Waals surface area contributed by atoms with Crippen molar-refractivity contribution >= 4 is 5.71 Å². The molecule has 0 bridgehead atoms. The van der Waals surface area contributed by atoms with Gasteiger partial charge in [-0.05, 0) is 57.1 Å². The first-order chi connectivity index (χ1) is 13.1. The lowest BCUT2D eigenvalue weighted by molar-refractivity contribution is 0.0830. The predicted molar refractivity (Wildman–Crippen MR) is 112 cm³/mol. The van der Waals surface area contributed by atoms with Gasteiger partial charge in [0, 0.05) is 29.8 Å². The zero-order chi connectivity index (χ0) is 19.0. The standard InChI is InChI=1S/C24H30N2O/c1-16(2)26(17(3)4)13-14-27-25-24-20-11-7-5-9-18(20)22-15-23(22)19-10-6-8-12-21(19)24/h5-12,16-17,22-23H,13-15H2,1-4H3. The lowest BCUT2D eigenvalue weighted by Crippen LogP contribution is -2.39. The monoisotopic (exact) mass is 362 g/mol. The predicted octanol–water partition coefficient (Wildman–Crippen LogP) is 5.16. The van der Waals surface area contributed by atoms with Gasteiger partial charge in [-0.1, -0.05) is 53.7 Å². The van der Waals surface area contributed by atoms with E-state index in [-0.39, 0.29) is 0 Å². The molecule has 0 aliphatic heterocycles. The number of oxime groups is 1. The molecule has 3 heteroatoms. The molecule has 0 radical (unpaired) electrons. The van der Waals surface area contributed by atoms with E-state index in [1.807, 2.05) is 0 Å². The molecular weight excluding hydrogens is 332 g/mol. The molecular formula is C24H30N2O. The summed E-state index contributed by atoms with van der Waals surface area (Å²) in [5.74, 6) is 1.26. The minimum Gasteiger partial charge on any atom is -0.394 e. The summed E-state index contributed by atoms with van der Waals surface area (Å²) in [7, 11) is 0. The van der Waals surface area contributed by atoms with Crippen LogP contribution in [0.1, 0.15) is 68.2 Å². The van der Waals surface area contributed by atoms with Gasteiger partial charge in [0.15, 0.2) is 0 Å². The van der Waals surface area contributed by atoms with Gasteiger partial charge in [0.1, 0.15) is 12.3 Å². The van der Waals surface area contributed by atoms with Crippen molar-refractivity contribution in [3.63, 3.8) is 0 Å². The summed E-state index contributed by atoms with van der Waals surface area (Å²) >= 11 is 0. The Morgan fingerprint density at radius 2 is 1.41 bits per heavy atom. The van der Waals surface area contributed by atoms with Crippen molar-refractivity contribution in [1.82, 2.24) is 4.90 Å². The van der Waals surface area contributed by atoms with E-state index in [9.17, 15) is 0 Å². The molecule has 2 aliphatic rings. The van der Waals surface area contributed by atoms with Gasteiger partial charge in [-0.25, -0.2) is 0 Å². The molecule has 0 aromatic heterocycles. The Labute approximate surface area is 163 Å². The van der Waals surface area contributed by atoms with E-state index >= 15 is 0 Å². The zero-order valence-corrected chi connectivity index (χ0v) is 16.9. The first-order valence-electron chi connectivity index (χ1n) is 10.2. The highest BCUT2D eigenvalue weighted by Gasteiger charge is 2.44. The van der Waals surface area contributed by atoms with E-state index in [1.165, 1.54) is 28.7 Å². The molecule has 0 heterocycles. The molecule has 2 unspecified atom stereocenters. The van der Waals surface area contributed by atoms with Gasteiger partial charge in [-0.15, -0.1) is 0 Å². The molecule has 3 nitrogen and oxygen atoms in total. The van der Waals surface area contributed by atoms with Crippen molar-refractivity contribution in [1.29, 1.82) is 0 Å². The molecule has 4 rings (SSSR count). The second kappa shape index (κ2) is 7.47. The van der Waals surface area contributed by atoms with Crippen LogP contribution in [0.5, 0.6) is 0 Å². The number of benzene rings is 2. The first kappa shape index (κ1) is 18.2. The van der Waals surface area contributed by atoms with Crippen molar-refractivity contribution in [2.45, 2.75) is 58.0 Å². The second-order valence-corrected chi connectivity index (χ2v) is 8.32. The zero-order valence-electron chi connectivity index (χ0n) is 16.9. The SMILES string of the molecule is CC(C)N(CCON=C1c2ccccc2C2CC2c2ccccc21)C(C)C. The summed E-state index contributed by atoms with van der Waals surface area (Å²) in [6, 6.07) is 18.4. The molecule has 0 spiro atoms. The van der Waals surface area contributed by atoms with E-state index in [0.717, 1.165) is 12.3 Å². The summed E-state index contributed by atoms with van der Waals surface area (Å²) in [6.45, 7) is 10.4. The Bertz CT molecular complexity index is 778. The van der Waals surface area contributed by atoms with Gasteiger partial charge in [0.25, 0.3) is 0 Å². The van der Waals surface area contributed by atoms with Crippen LogP contribution in [0, 0.1) is 0 Å². The minimum atomic E-state index is 0.507. The van der Waals surface area contributed by atoms with Crippen molar-refractivity contribution < 1.29 is 4.84 Å². The third kappa shape index (κ3) is 3.53. The smallest absolute Gasteiger partial charge is 0.129 e. The maximum Gasteiger partial charge on any atom is 0.129 e. The minimum absolute atomic E-state index is 0.507. The fraction of sp³-hybridized carbons (Fsp3) is 0.458. The van der Waals surface area contributed by atoms with Crippen LogP contribution in [0.15, 0.2) is 53.7 Å². The molecule has 2 aliphatic carbocycles. The summed E-state index contributed by atoms with van der Waals surface area (Å²) in [4.78, 5) is 8.30. The van der Waals surface area contributed by atoms with E-state index in [4.69, 9.17) is 4.84 Å². The van der Waals surface area contributed by atoms with Gasteiger partial charge in [0.2, 0.25) is 0 Å². The average Bonchev–Trinajstić information content (AvgIpc) is 3.45. The van der Waals surface area contributed by atoms with Crippen LogP contribution in [-0.4, -0.2) is 35.8 Å². The normalized spacial score (nSPS) is 20.2. The lowest BCUT2D eigenvalue weighted by Gasteiger charge is -2.29. The van der Waals surface area contributed by atoms with Crippen molar-refractivity contribution in [2.24, 2.45) is 5.16 Å². The molecule has 142 valence electrons. The highest BCUT2D eigenvalue weighted by Crippen LogP contribution is 2.58. The number of rotatable bonds is 6. The van der Waals surface area contributed by atoms with Crippen LogP contribution in [-0.2, 0) is 4.84 Å². The molecule has 2 aromatic rings. The fourth-order valence-electron chi connectivity index (χ4n) is 4.57. The van der Waals surface area contributed by atoms with E-state index in [0.29, 0.717) is 30.5 Å². The van der Waals surface area contributed by atoms with Gasteiger partial charge in [0.05, 0.1) is 0 Å². The number of nitrogens with zero attached hydrogens (tertiary/aromatic N) is 2. The second-order valence-electron chi connectivity index (χ2n) is 8.32. The lowest BCUT2D eigenvalue weighted by atomic mass is 9.95. The van der Waals surface area contributed by atoms with E-state index in [1.54, 1.807) is 0 Å².